The Morgan fingerprint density at radius 2 is 0.885 bits per heavy atom. The summed E-state index contributed by atoms with van der Waals surface area (Å²) in [6, 6.07) is -1.74. The fraction of sp³-hybridized carbons (Fsp3) is 0.829. The Morgan fingerprint density at radius 3 is 1.34 bits per heavy atom. The summed E-state index contributed by atoms with van der Waals surface area (Å²) in [6.45, 7) is 1.86. The Balaban J connectivity index is 3.65. The van der Waals surface area contributed by atoms with Gasteiger partial charge in [0.15, 0.2) is 7.85 Å². The summed E-state index contributed by atoms with van der Waals surface area (Å²) < 4.78 is 21.3. The molecule has 0 saturated heterocycles. The average Bonchev–Trinajstić information content (AvgIpc) is 3.22. The third kappa shape index (κ3) is 40.2. The molecule has 0 aromatic carbocycles. The van der Waals surface area contributed by atoms with Gasteiger partial charge < -0.3 is 60.4 Å². The number of carboxylic acid groups (broad SMARTS) is 2. The first-order chi connectivity index (χ1) is 29.5. The highest BCUT2D eigenvalue weighted by Gasteiger charge is 2.21. The molecule has 0 aliphatic rings. The summed E-state index contributed by atoms with van der Waals surface area (Å²) in [5, 5.41) is 37.6. The summed E-state index contributed by atoms with van der Waals surface area (Å²) >= 11 is 0. The number of hydrogen-bond donors (Lipinski definition) is 8. The van der Waals surface area contributed by atoms with Gasteiger partial charge in [-0.3, -0.25) is 24.0 Å². The van der Waals surface area contributed by atoms with E-state index in [2.05, 4.69) is 21.3 Å². The van der Waals surface area contributed by atoms with E-state index in [0.717, 1.165) is 44.9 Å². The second kappa shape index (κ2) is 41.7. The van der Waals surface area contributed by atoms with Gasteiger partial charge in [0.2, 0.25) is 23.6 Å². The Kier molecular flexibility index (Phi) is 39.1. The van der Waals surface area contributed by atoms with Crippen molar-refractivity contribution < 1.29 is 67.9 Å². The molecule has 19 nitrogen and oxygen atoms in total. The number of amides is 4. The molecule has 0 aliphatic heterocycles. The van der Waals surface area contributed by atoms with Crippen LogP contribution in [0, 0.1) is 0 Å². The van der Waals surface area contributed by atoms with Crippen molar-refractivity contribution in [1.29, 1.82) is 0 Å². The maximum Gasteiger partial charge on any atom is 0.326 e. The van der Waals surface area contributed by atoms with Crippen LogP contribution in [0.1, 0.15) is 135 Å². The third-order valence-corrected chi connectivity index (χ3v) is 9.57. The molecule has 0 spiro atoms. The lowest BCUT2D eigenvalue weighted by Crippen LogP contribution is -2.41. The Bertz CT molecular complexity index is 1200. The van der Waals surface area contributed by atoms with E-state index in [-0.39, 0.29) is 121 Å². The van der Waals surface area contributed by atoms with Crippen molar-refractivity contribution in [3.63, 3.8) is 0 Å². The van der Waals surface area contributed by atoms with Gasteiger partial charge in [-0.05, 0) is 38.5 Å². The molecule has 0 unspecified atom stereocenters. The molecule has 0 rings (SSSR count). The standard InChI is InChI=1S/C41H76BN5O14/c42-40(54)33(47-57)17-15-16-22-43-37(50)31-60-29-28-59-26-24-45-38(51)32-61-30-27-58-25-23-44-35(48)21-20-34(41(55)56)46-36(49)18-13-11-9-7-5-3-1-2-4-6-8-10-12-14-19-39(52)53/h33-34,47,57H,1-32,42H2,(H,43,50)(H,44,48)(H,45,51)(H,46,49)(H,52,53)(H,55,56)/t33-,34-/m0/s1. The van der Waals surface area contributed by atoms with Crippen molar-refractivity contribution in [2.24, 2.45) is 0 Å². The molecule has 20 heteroatoms. The number of nitrogens with one attached hydrogen (secondary N) is 5. The molecule has 2 atom stereocenters. The molecule has 0 saturated carbocycles. The number of carbonyl (C=O) groups excluding carboxylic acids is 5. The van der Waals surface area contributed by atoms with E-state index in [1.54, 1.807) is 0 Å². The van der Waals surface area contributed by atoms with Crippen LogP contribution >= 0.6 is 0 Å². The van der Waals surface area contributed by atoms with Crippen LogP contribution in [-0.2, 0) is 52.5 Å². The van der Waals surface area contributed by atoms with E-state index >= 15 is 0 Å². The first kappa shape index (κ1) is 57.3. The molecule has 0 aromatic rings. The summed E-state index contributed by atoms with van der Waals surface area (Å²) in [4.78, 5) is 81.6. The lowest BCUT2D eigenvalue weighted by atomic mass is 9.92. The smallest absolute Gasteiger partial charge is 0.326 e. The number of unbranched alkanes of at least 4 members (excludes halogenated alkanes) is 14. The maximum atomic E-state index is 12.3. The lowest BCUT2D eigenvalue weighted by Gasteiger charge is -2.14. The monoisotopic (exact) mass is 874 g/mol. The number of hydrogen-bond acceptors (Lipinski definition) is 13. The lowest BCUT2D eigenvalue weighted by molar-refractivity contribution is -0.142. The minimum Gasteiger partial charge on any atom is -0.481 e. The molecule has 352 valence electrons. The van der Waals surface area contributed by atoms with Gasteiger partial charge in [0.1, 0.15) is 24.9 Å². The first-order valence-electron chi connectivity index (χ1n) is 22.2. The van der Waals surface area contributed by atoms with Crippen LogP contribution in [0.5, 0.6) is 0 Å². The number of ether oxygens (including phenoxy) is 4. The van der Waals surface area contributed by atoms with Crippen molar-refractivity contribution in [3.8, 4) is 0 Å². The van der Waals surface area contributed by atoms with Crippen molar-refractivity contribution >= 4 is 49.1 Å². The van der Waals surface area contributed by atoms with E-state index in [4.69, 9.17) is 29.3 Å². The number of carbonyl (C=O) groups is 7. The number of hydroxylamine groups is 1. The van der Waals surface area contributed by atoms with E-state index in [1.807, 2.05) is 5.48 Å². The Hall–Kier alpha value is -3.69. The average molecular weight is 874 g/mol. The SMILES string of the molecule is BC(=O)[C@H](CCCCNC(=O)COCCOCCNC(=O)COCCOCCNC(=O)CC[C@H](NC(=O)CCCCCCCCCCCCCCCCC(=O)O)C(=O)O)NO. The highest BCUT2D eigenvalue weighted by atomic mass is 16.5. The van der Waals surface area contributed by atoms with Gasteiger partial charge in [-0.25, -0.2) is 4.79 Å². The molecule has 0 heterocycles. The van der Waals surface area contributed by atoms with Gasteiger partial charge in [0.05, 0.1) is 45.7 Å². The zero-order valence-electron chi connectivity index (χ0n) is 36.6. The molecule has 0 radical (unpaired) electrons. The fourth-order valence-corrected chi connectivity index (χ4v) is 6.03. The van der Waals surface area contributed by atoms with Crippen LogP contribution < -0.4 is 26.7 Å². The first-order valence-corrected chi connectivity index (χ1v) is 22.2. The van der Waals surface area contributed by atoms with Crippen LogP contribution in [0.2, 0.25) is 0 Å². The largest absolute Gasteiger partial charge is 0.481 e. The van der Waals surface area contributed by atoms with E-state index in [0.29, 0.717) is 32.2 Å². The van der Waals surface area contributed by atoms with Crippen LogP contribution in [-0.4, -0.2) is 149 Å². The molecule has 0 aromatic heterocycles. The van der Waals surface area contributed by atoms with Gasteiger partial charge in [0, 0.05) is 38.9 Å². The van der Waals surface area contributed by atoms with Gasteiger partial charge in [-0.1, -0.05) is 77.0 Å². The summed E-state index contributed by atoms with van der Waals surface area (Å²) in [5.41, 5.74) is 1.82. The van der Waals surface area contributed by atoms with Crippen molar-refractivity contribution in [1.82, 2.24) is 26.7 Å². The predicted octanol–water partition coefficient (Wildman–Crippen LogP) is 1.75. The van der Waals surface area contributed by atoms with Gasteiger partial charge in [-0.15, -0.1) is 0 Å². The normalized spacial score (nSPS) is 12.0. The number of rotatable bonds is 45. The fourth-order valence-electron chi connectivity index (χ4n) is 6.03. The van der Waals surface area contributed by atoms with Crippen LogP contribution in [0.15, 0.2) is 0 Å². The highest BCUT2D eigenvalue weighted by molar-refractivity contribution is 6.59. The van der Waals surface area contributed by atoms with Crippen molar-refractivity contribution in [3.05, 3.63) is 0 Å². The van der Waals surface area contributed by atoms with Gasteiger partial charge in [-0.2, -0.15) is 5.48 Å². The van der Waals surface area contributed by atoms with E-state index < -0.39 is 24.0 Å². The van der Waals surface area contributed by atoms with Gasteiger partial charge >= 0.3 is 11.9 Å². The van der Waals surface area contributed by atoms with Crippen molar-refractivity contribution in [2.75, 3.05) is 72.5 Å². The zero-order chi connectivity index (χ0) is 45.2. The molecule has 0 fully saturated rings. The second-order valence-corrected chi connectivity index (χ2v) is 15.0. The quantitative estimate of drug-likeness (QED) is 0.0246. The summed E-state index contributed by atoms with van der Waals surface area (Å²) in [6.07, 6.45) is 17.2. The Labute approximate surface area is 362 Å². The molecule has 0 bridgehead atoms. The third-order valence-electron chi connectivity index (χ3n) is 9.57. The molecule has 0 aliphatic carbocycles. The summed E-state index contributed by atoms with van der Waals surface area (Å²) in [5.74, 6) is -3.19. The topological polar surface area (TPSA) is 277 Å². The predicted molar refractivity (Wildman–Crippen MR) is 229 cm³/mol. The molecule has 8 N–H and O–H groups in total. The molecule has 61 heavy (non-hydrogen) atoms. The van der Waals surface area contributed by atoms with E-state index in [9.17, 15) is 38.7 Å². The maximum absolute atomic E-state index is 12.3. The molecule has 4 amide bonds. The zero-order valence-corrected chi connectivity index (χ0v) is 36.6. The highest BCUT2D eigenvalue weighted by Crippen LogP contribution is 2.14. The van der Waals surface area contributed by atoms with Crippen LogP contribution in [0.25, 0.3) is 0 Å². The van der Waals surface area contributed by atoms with Gasteiger partial charge in [0.25, 0.3) is 0 Å². The molecular formula is C41H76BN5O14. The van der Waals surface area contributed by atoms with Crippen LogP contribution in [0.3, 0.4) is 0 Å². The minimum atomic E-state index is -1.19. The molecular weight excluding hydrogens is 797 g/mol. The summed E-state index contributed by atoms with van der Waals surface area (Å²) in [7, 11) is 1.40. The number of aliphatic carboxylic acids is 2. The van der Waals surface area contributed by atoms with Crippen molar-refractivity contribution in [2.45, 2.75) is 147 Å². The van der Waals surface area contributed by atoms with E-state index in [1.165, 1.54) is 46.4 Å². The Morgan fingerprint density at radius 1 is 0.443 bits per heavy atom. The second-order valence-electron chi connectivity index (χ2n) is 15.0. The van der Waals surface area contributed by atoms with Crippen LogP contribution in [0.4, 0.5) is 0 Å². The number of carboxylic acids is 2. The minimum absolute atomic E-state index is 0.0305.